The van der Waals surface area contributed by atoms with Gasteiger partial charge in [-0.2, -0.15) is 9.78 Å². The van der Waals surface area contributed by atoms with Crippen LogP contribution < -0.4 is 10.6 Å². The Balaban J connectivity index is 2.08. The molecule has 0 atom stereocenters. The Kier molecular flexibility index (Phi) is 5.05. The third-order valence-electron chi connectivity index (χ3n) is 2.89. The predicted octanol–water partition coefficient (Wildman–Crippen LogP) is 0.962. The Morgan fingerprint density at radius 2 is 1.95 bits per heavy atom. The van der Waals surface area contributed by atoms with Gasteiger partial charge in [-0.3, -0.25) is 5.32 Å². The molecule has 0 spiro atoms. The second-order valence-electron chi connectivity index (χ2n) is 5.26. The van der Waals surface area contributed by atoms with Crippen LogP contribution in [0.3, 0.4) is 0 Å². The molecule has 8 heteroatoms. The lowest BCUT2D eigenvalue weighted by molar-refractivity contribution is 0.250. The second-order valence-corrected chi connectivity index (χ2v) is 5.26. The maximum Gasteiger partial charge on any atom is 0.320 e. The topological polar surface area (TPSA) is 88.0 Å². The lowest BCUT2D eigenvalue weighted by Crippen LogP contribution is -2.35. The predicted molar refractivity (Wildman–Crippen MR) is 84.2 cm³/mol. The van der Waals surface area contributed by atoms with E-state index >= 15 is 0 Å². The minimum atomic E-state index is -0.284. The number of amides is 2. The van der Waals surface area contributed by atoms with Crippen molar-refractivity contribution >= 4 is 11.8 Å². The highest BCUT2D eigenvalue weighted by molar-refractivity contribution is 5.88. The normalized spacial score (nSPS) is 10.8. The van der Waals surface area contributed by atoms with E-state index < -0.39 is 0 Å². The van der Waals surface area contributed by atoms with E-state index in [-0.39, 0.29) is 6.03 Å². The summed E-state index contributed by atoms with van der Waals surface area (Å²) in [6, 6.07) is 3.30. The number of carbonyl (C=O) groups excluding carboxylic acids is 1. The molecular weight excluding hydrogens is 282 g/mol. The number of hydrogen-bond donors (Lipinski definition) is 2. The van der Waals surface area contributed by atoms with E-state index in [0.29, 0.717) is 18.3 Å². The molecule has 0 aliphatic carbocycles. The van der Waals surface area contributed by atoms with E-state index in [1.165, 1.54) is 4.68 Å². The monoisotopic (exact) mass is 303 g/mol. The molecule has 2 heterocycles. The van der Waals surface area contributed by atoms with Gasteiger partial charge in [0.05, 0.1) is 6.20 Å². The van der Waals surface area contributed by atoms with Crippen molar-refractivity contribution in [3.63, 3.8) is 0 Å². The molecule has 2 aromatic rings. The van der Waals surface area contributed by atoms with Crippen LogP contribution in [0.2, 0.25) is 0 Å². The average Bonchev–Trinajstić information content (AvgIpc) is 2.85. The summed E-state index contributed by atoms with van der Waals surface area (Å²) in [5.41, 5.74) is 1.69. The zero-order valence-corrected chi connectivity index (χ0v) is 13.3. The summed E-state index contributed by atoms with van der Waals surface area (Å²) in [5.74, 6) is 0.957. The second kappa shape index (κ2) is 6.99. The maximum absolute atomic E-state index is 11.9. The van der Waals surface area contributed by atoms with Gasteiger partial charge in [-0.25, -0.2) is 14.8 Å². The smallest absolute Gasteiger partial charge is 0.320 e. The van der Waals surface area contributed by atoms with E-state index in [1.807, 2.05) is 38.9 Å². The summed E-state index contributed by atoms with van der Waals surface area (Å²) in [5, 5.41) is 9.70. The number of hydrogen-bond acceptors (Lipinski definition) is 5. The highest BCUT2D eigenvalue weighted by atomic mass is 16.2. The fourth-order valence-electron chi connectivity index (χ4n) is 1.91. The van der Waals surface area contributed by atoms with Crippen LogP contribution in [0.15, 0.2) is 18.3 Å². The van der Waals surface area contributed by atoms with Crippen molar-refractivity contribution in [1.29, 1.82) is 0 Å². The first-order chi connectivity index (χ1) is 10.5. The Morgan fingerprint density at radius 1 is 1.27 bits per heavy atom. The number of urea groups is 1. The summed E-state index contributed by atoms with van der Waals surface area (Å²) in [7, 11) is 3.90. The standard InChI is InChI=1S/C14H21N7O/c1-10-9-11(2)18-13(17-10)21-12(5-6-16-21)19-14(22)15-7-8-20(3)4/h5-6,9H,7-8H2,1-4H3,(H2,15,19,22). The highest BCUT2D eigenvalue weighted by Crippen LogP contribution is 2.12. The highest BCUT2D eigenvalue weighted by Gasteiger charge is 2.11. The lowest BCUT2D eigenvalue weighted by atomic mass is 10.4. The van der Waals surface area contributed by atoms with E-state index in [9.17, 15) is 4.79 Å². The van der Waals surface area contributed by atoms with Crippen LogP contribution in [-0.2, 0) is 0 Å². The van der Waals surface area contributed by atoms with Gasteiger partial charge in [-0.15, -0.1) is 0 Å². The number of carbonyl (C=O) groups is 1. The molecule has 2 amide bonds. The van der Waals surface area contributed by atoms with Crippen molar-refractivity contribution in [3.05, 3.63) is 29.7 Å². The fraction of sp³-hybridized carbons (Fsp3) is 0.429. The third-order valence-corrected chi connectivity index (χ3v) is 2.89. The molecule has 0 unspecified atom stereocenters. The number of aryl methyl sites for hydroxylation is 2. The van der Waals surface area contributed by atoms with Crippen molar-refractivity contribution < 1.29 is 4.79 Å². The number of anilines is 1. The SMILES string of the molecule is Cc1cc(C)nc(-n2nccc2NC(=O)NCCN(C)C)n1. The zero-order valence-electron chi connectivity index (χ0n) is 13.3. The molecule has 0 aliphatic rings. The van der Waals surface area contributed by atoms with Crippen molar-refractivity contribution in [2.45, 2.75) is 13.8 Å². The quantitative estimate of drug-likeness (QED) is 0.859. The first-order valence-electron chi connectivity index (χ1n) is 7.02. The molecule has 22 heavy (non-hydrogen) atoms. The summed E-state index contributed by atoms with van der Waals surface area (Å²) < 4.78 is 1.51. The summed E-state index contributed by atoms with van der Waals surface area (Å²) >= 11 is 0. The van der Waals surface area contributed by atoms with Crippen LogP contribution >= 0.6 is 0 Å². The van der Waals surface area contributed by atoms with E-state index in [1.54, 1.807) is 12.3 Å². The fourth-order valence-corrected chi connectivity index (χ4v) is 1.91. The molecule has 0 aliphatic heterocycles. The number of nitrogens with zero attached hydrogens (tertiary/aromatic N) is 5. The summed E-state index contributed by atoms with van der Waals surface area (Å²) in [6.07, 6.45) is 1.59. The molecule has 118 valence electrons. The van der Waals surface area contributed by atoms with Gasteiger partial charge in [0.1, 0.15) is 5.82 Å². The molecule has 0 aromatic carbocycles. The van der Waals surface area contributed by atoms with Crippen LogP contribution in [0.25, 0.3) is 5.95 Å². The van der Waals surface area contributed by atoms with Crippen LogP contribution in [0.4, 0.5) is 10.6 Å². The number of rotatable bonds is 5. The Morgan fingerprint density at radius 3 is 2.59 bits per heavy atom. The molecule has 2 aromatic heterocycles. The van der Waals surface area contributed by atoms with Crippen LogP contribution in [0.1, 0.15) is 11.4 Å². The van der Waals surface area contributed by atoms with Crippen LogP contribution in [-0.4, -0.2) is 57.9 Å². The lowest BCUT2D eigenvalue weighted by Gasteiger charge is -2.12. The first-order valence-corrected chi connectivity index (χ1v) is 7.02. The molecule has 0 bridgehead atoms. The molecule has 0 fully saturated rings. The van der Waals surface area contributed by atoms with Gasteiger partial charge in [-0.1, -0.05) is 0 Å². The average molecular weight is 303 g/mol. The Bertz CT molecular complexity index is 630. The molecule has 0 radical (unpaired) electrons. The number of aromatic nitrogens is 4. The van der Waals surface area contributed by atoms with Gasteiger partial charge < -0.3 is 10.2 Å². The minimum absolute atomic E-state index is 0.284. The number of likely N-dealkylation sites (N-methyl/N-ethyl adjacent to an activating group) is 1. The van der Waals surface area contributed by atoms with Gasteiger partial charge in [-0.05, 0) is 34.0 Å². The molecular formula is C14H21N7O. The molecule has 0 saturated heterocycles. The summed E-state index contributed by atoms with van der Waals surface area (Å²) in [4.78, 5) is 22.6. The zero-order chi connectivity index (χ0) is 16.1. The van der Waals surface area contributed by atoms with Crippen molar-refractivity contribution in [2.75, 3.05) is 32.5 Å². The van der Waals surface area contributed by atoms with Gasteiger partial charge in [0.25, 0.3) is 5.95 Å². The Hall–Kier alpha value is -2.48. The van der Waals surface area contributed by atoms with Crippen molar-refractivity contribution in [1.82, 2.24) is 30.0 Å². The Labute approximate surface area is 129 Å². The van der Waals surface area contributed by atoms with Gasteiger partial charge >= 0.3 is 6.03 Å². The van der Waals surface area contributed by atoms with Gasteiger partial charge in [0.2, 0.25) is 0 Å². The molecule has 0 saturated carbocycles. The van der Waals surface area contributed by atoms with Gasteiger partial charge in [0.15, 0.2) is 0 Å². The minimum Gasteiger partial charge on any atom is -0.337 e. The van der Waals surface area contributed by atoms with E-state index in [4.69, 9.17) is 0 Å². The molecule has 2 rings (SSSR count). The van der Waals surface area contributed by atoms with E-state index in [0.717, 1.165) is 17.9 Å². The third kappa shape index (κ3) is 4.26. The molecule has 2 N–H and O–H groups in total. The van der Waals surface area contributed by atoms with Gasteiger partial charge in [0, 0.05) is 30.5 Å². The van der Waals surface area contributed by atoms with Crippen LogP contribution in [0.5, 0.6) is 0 Å². The number of nitrogens with one attached hydrogen (secondary N) is 2. The maximum atomic E-state index is 11.9. The van der Waals surface area contributed by atoms with Crippen LogP contribution in [0, 0.1) is 13.8 Å². The first kappa shape index (κ1) is 15.9. The van der Waals surface area contributed by atoms with Crippen molar-refractivity contribution in [2.24, 2.45) is 0 Å². The summed E-state index contributed by atoms with van der Waals surface area (Å²) in [6.45, 7) is 5.12. The van der Waals surface area contributed by atoms with Crippen molar-refractivity contribution in [3.8, 4) is 5.95 Å². The molecule has 8 nitrogen and oxygen atoms in total. The van der Waals surface area contributed by atoms with E-state index in [2.05, 4.69) is 25.7 Å². The largest absolute Gasteiger partial charge is 0.337 e.